The van der Waals surface area contributed by atoms with Gasteiger partial charge < -0.3 is 9.47 Å². The lowest BCUT2D eigenvalue weighted by Crippen LogP contribution is -2.30. The third-order valence-electron chi connectivity index (χ3n) is 2.45. The number of carbonyl (C=O) groups is 2. The lowest BCUT2D eigenvalue weighted by molar-refractivity contribution is -0.184. The lowest BCUT2D eigenvalue weighted by Gasteiger charge is -2.23. The first-order valence-corrected chi connectivity index (χ1v) is 4.90. The first-order valence-electron chi connectivity index (χ1n) is 4.90. The Balaban J connectivity index is 2.67. The van der Waals surface area contributed by atoms with Crippen molar-refractivity contribution in [2.75, 3.05) is 0 Å². The Morgan fingerprint density at radius 1 is 1.60 bits per heavy atom. The van der Waals surface area contributed by atoms with Gasteiger partial charge in [0.05, 0.1) is 6.42 Å². The topological polar surface area (TPSA) is 52.6 Å². The molecule has 1 saturated heterocycles. The van der Waals surface area contributed by atoms with Gasteiger partial charge in [0.25, 0.3) is 6.29 Å². The van der Waals surface area contributed by atoms with Gasteiger partial charge in [-0.2, -0.15) is 0 Å². The zero-order valence-corrected chi connectivity index (χ0v) is 9.49. The van der Waals surface area contributed by atoms with E-state index in [0.29, 0.717) is 5.57 Å². The molecule has 1 fully saturated rings. The molecule has 1 aliphatic rings. The second-order valence-electron chi connectivity index (χ2n) is 4.36. The van der Waals surface area contributed by atoms with Crippen LogP contribution in [0.15, 0.2) is 11.6 Å². The van der Waals surface area contributed by atoms with Gasteiger partial charge in [0.1, 0.15) is 0 Å². The Labute approximate surface area is 89.2 Å². The van der Waals surface area contributed by atoms with Crippen LogP contribution in [0.4, 0.5) is 0 Å². The summed E-state index contributed by atoms with van der Waals surface area (Å²) in [6.45, 7) is 7.08. The standard InChI is InChI=1S/C11H16O4/c1-5-7(2)9(13)15-10-11(3,4)6-8(12)14-10/h5,10H,6H2,1-4H3. The van der Waals surface area contributed by atoms with E-state index in [1.165, 1.54) is 0 Å². The van der Waals surface area contributed by atoms with Crippen molar-refractivity contribution in [3.05, 3.63) is 11.6 Å². The summed E-state index contributed by atoms with van der Waals surface area (Å²) in [6.07, 6.45) is 1.17. The van der Waals surface area contributed by atoms with Crippen LogP contribution in [-0.2, 0) is 19.1 Å². The summed E-state index contributed by atoms with van der Waals surface area (Å²) in [6, 6.07) is 0. The molecule has 0 N–H and O–H groups in total. The Bertz CT molecular complexity index is 315. The summed E-state index contributed by atoms with van der Waals surface area (Å²) in [5.74, 6) is -0.763. The highest BCUT2D eigenvalue weighted by atomic mass is 16.7. The Morgan fingerprint density at radius 2 is 2.20 bits per heavy atom. The van der Waals surface area contributed by atoms with Crippen LogP contribution in [-0.4, -0.2) is 18.2 Å². The van der Waals surface area contributed by atoms with E-state index in [-0.39, 0.29) is 12.4 Å². The summed E-state index contributed by atoms with van der Waals surface area (Å²) in [5, 5.41) is 0. The molecule has 1 rings (SSSR count). The molecular formula is C11H16O4. The molecule has 15 heavy (non-hydrogen) atoms. The van der Waals surface area contributed by atoms with Crippen molar-refractivity contribution in [2.45, 2.75) is 40.4 Å². The molecule has 4 nitrogen and oxygen atoms in total. The van der Waals surface area contributed by atoms with Gasteiger partial charge in [-0.3, -0.25) is 4.79 Å². The molecule has 0 spiro atoms. The van der Waals surface area contributed by atoms with Gasteiger partial charge in [-0.15, -0.1) is 0 Å². The monoisotopic (exact) mass is 212 g/mol. The van der Waals surface area contributed by atoms with Crippen LogP contribution < -0.4 is 0 Å². The normalized spacial score (nSPS) is 24.9. The Kier molecular flexibility index (Phi) is 3.17. The van der Waals surface area contributed by atoms with E-state index in [0.717, 1.165) is 0 Å². The highest BCUT2D eigenvalue weighted by molar-refractivity contribution is 5.88. The molecule has 0 aromatic heterocycles. The minimum atomic E-state index is -0.771. The molecular weight excluding hydrogens is 196 g/mol. The molecule has 0 aromatic carbocycles. The van der Waals surface area contributed by atoms with Gasteiger partial charge >= 0.3 is 11.9 Å². The van der Waals surface area contributed by atoms with Crippen molar-refractivity contribution in [3.8, 4) is 0 Å². The number of cyclic esters (lactones) is 1. The van der Waals surface area contributed by atoms with Crippen LogP contribution in [0.3, 0.4) is 0 Å². The molecule has 0 amide bonds. The fourth-order valence-electron chi connectivity index (χ4n) is 1.27. The maximum Gasteiger partial charge on any atom is 0.336 e. The van der Waals surface area contributed by atoms with Gasteiger partial charge in [0.2, 0.25) is 0 Å². The van der Waals surface area contributed by atoms with E-state index in [1.54, 1.807) is 19.9 Å². The van der Waals surface area contributed by atoms with Crippen molar-refractivity contribution in [1.82, 2.24) is 0 Å². The predicted molar refractivity (Wildman–Crippen MR) is 53.8 cm³/mol. The number of carbonyl (C=O) groups excluding carboxylic acids is 2. The molecule has 1 aliphatic heterocycles. The third kappa shape index (κ3) is 2.58. The predicted octanol–water partition coefficient (Wildman–Crippen LogP) is 1.79. The second kappa shape index (κ2) is 4.04. The molecule has 0 aromatic rings. The van der Waals surface area contributed by atoms with E-state index in [9.17, 15) is 9.59 Å². The van der Waals surface area contributed by atoms with E-state index in [1.807, 2.05) is 13.8 Å². The molecule has 4 heteroatoms. The second-order valence-corrected chi connectivity index (χ2v) is 4.36. The largest absolute Gasteiger partial charge is 0.424 e. The van der Waals surface area contributed by atoms with Gasteiger partial charge in [0, 0.05) is 11.0 Å². The zero-order chi connectivity index (χ0) is 11.6. The molecule has 0 aliphatic carbocycles. The SMILES string of the molecule is CC=C(C)C(=O)OC1OC(=O)CC1(C)C. The molecule has 1 unspecified atom stereocenters. The number of hydrogen-bond donors (Lipinski definition) is 0. The van der Waals surface area contributed by atoms with E-state index >= 15 is 0 Å². The number of hydrogen-bond acceptors (Lipinski definition) is 4. The first-order chi connectivity index (χ1) is 6.86. The van der Waals surface area contributed by atoms with Crippen LogP contribution in [0.2, 0.25) is 0 Å². The fraction of sp³-hybridized carbons (Fsp3) is 0.636. The summed E-state index contributed by atoms with van der Waals surface area (Å²) < 4.78 is 10.0. The van der Waals surface area contributed by atoms with Gasteiger partial charge in [0.15, 0.2) is 0 Å². The van der Waals surface area contributed by atoms with Crippen molar-refractivity contribution in [3.63, 3.8) is 0 Å². The van der Waals surface area contributed by atoms with Crippen molar-refractivity contribution >= 4 is 11.9 Å². The molecule has 1 atom stereocenters. The van der Waals surface area contributed by atoms with Gasteiger partial charge in [-0.1, -0.05) is 19.9 Å². The zero-order valence-electron chi connectivity index (χ0n) is 9.49. The quantitative estimate of drug-likeness (QED) is 0.517. The summed E-state index contributed by atoms with van der Waals surface area (Å²) in [5.41, 5.74) is 0.0644. The summed E-state index contributed by atoms with van der Waals surface area (Å²) in [4.78, 5) is 22.5. The fourth-order valence-corrected chi connectivity index (χ4v) is 1.27. The van der Waals surface area contributed by atoms with Crippen molar-refractivity contribution in [1.29, 1.82) is 0 Å². The maximum atomic E-state index is 11.4. The van der Waals surface area contributed by atoms with E-state index in [4.69, 9.17) is 9.47 Å². The minimum Gasteiger partial charge on any atom is -0.424 e. The van der Waals surface area contributed by atoms with Crippen LogP contribution in [0.25, 0.3) is 0 Å². The lowest BCUT2D eigenvalue weighted by atomic mass is 9.91. The molecule has 84 valence electrons. The van der Waals surface area contributed by atoms with Gasteiger partial charge in [-0.05, 0) is 13.8 Å². The minimum absolute atomic E-state index is 0.278. The van der Waals surface area contributed by atoms with E-state index < -0.39 is 17.7 Å². The third-order valence-corrected chi connectivity index (χ3v) is 2.45. The molecule has 0 bridgehead atoms. The first kappa shape index (κ1) is 11.8. The summed E-state index contributed by atoms with van der Waals surface area (Å²) in [7, 11) is 0. The van der Waals surface area contributed by atoms with Crippen molar-refractivity contribution < 1.29 is 19.1 Å². The number of ether oxygens (including phenoxy) is 2. The van der Waals surface area contributed by atoms with Crippen LogP contribution in [0, 0.1) is 5.41 Å². The number of rotatable bonds is 2. The molecule has 0 radical (unpaired) electrons. The Morgan fingerprint density at radius 3 is 2.60 bits per heavy atom. The summed E-state index contributed by atoms with van der Waals surface area (Å²) >= 11 is 0. The van der Waals surface area contributed by atoms with E-state index in [2.05, 4.69) is 0 Å². The van der Waals surface area contributed by atoms with Crippen LogP contribution >= 0.6 is 0 Å². The number of allylic oxidation sites excluding steroid dienone is 1. The smallest absolute Gasteiger partial charge is 0.336 e. The average molecular weight is 212 g/mol. The highest BCUT2D eigenvalue weighted by Gasteiger charge is 2.44. The van der Waals surface area contributed by atoms with Gasteiger partial charge in [-0.25, -0.2) is 4.79 Å². The maximum absolute atomic E-state index is 11.4. The number of esters is 2. The molecule has 0 saturated carbocycles. The van der Waals surface area contributed by atoms with Crippen LogP contribution in [0.1, 0.15) is 34.1 Å². The van der Waals surface area contributed by atoms with Crippen LogP contribution in [0.5, 0.6) is 0 Å². The average Bonchev–Trinajstić information content (AvgIpc) is 2.38. The molecule has 1 heterocycles. The Hall–Kier alpha value is -1.32. The van der Waals surface area contributed by atoms with Crippen molar-refractivity contribution in [2.24, 2.45) is 5.41 Å². The highest BCUT2D eigenvalue weighted by Crippen LogP contribution is 2.35.